The Kier molecular flexibility index (Phi) is 2.45. The summed E-state index contributed by atoms with van der Waals surface area (Å²) in [6, 6.07) is 4.35. The molecule has 0 saturated carbocycles. The quantitative estimate of drug-likeness (QED) is 0.541. The predicted molar refractivity (Wildman–Crippen MR) is 70.8 cm³/mol. The third-order valence-electron chi connectivity index (χ3n) is 3.52. The molecule has 0 saturated heterocycles. The third kappa shape index (κ3) is 1.64. The molecule has 0 aliphatic heterocycles. The number of rotatable bonds is 1. The maximum Gasteiger partial charge on any atom is 0.335 e. The lowest BCUT2D eigenvalue weighted by Crippen LogP contribution is -2.01. The van der Waals surface area contributed by atoms with E-state index in [0.29, 0.717) is 29.2 Å². The Bertz CT molecular complexity index is 729. The average Bonchev–Trinajstić information content (AvgIpc) is 2.44. The molecule has 0 atom stereocenters. The van der Waals surface area contributed by atoms with Crippen LogP contribution in [0, 0.1) is 0 Å². The van der Waals surface area contributed by atoms with E-state index >= 15 is 0 Å². The summed E-state index contributed by atoms with van der Waals surface area (Å²) >= 11 is 0. The molecule has 0 aromatic heterocycles. The zero-order valence-electron chi connectivity index (χ0n) is 10.1. The van der Waals surface area contributed by atoms with Crippen molar-refractivity contribution in [2.75, 3.05) is 0 Å². The number of aromatic carboxylic acids is 1. The summed E-state index contributed by atoms with van der Waals surface area (Å²) < 4.78 is 0. The zero-order valence-corrected chi connectivity index (χ0v) is 10.1. The van der Waals surface area contributed by atoms with Gasteiger partial charge in [-0.1, -0.05) is 12.2 Å². The van der Waals surface area contributed by atoms with E-state index in [4.69, 9.17) is 5.11 Å². The molecule has 1 aliphatic rings. The molecule has 4 heteroatoms. The highest BCUT2D eigenvalue weighted by molar-refractivity contribution is 6.00. The number of carboxylic acids is 1. The fourth-order valence-corrected chi connectivity index (χ4v) is 2.53. The van der Waals surface area contributed by atoms with Gasteiger partial charge in [0.2, 0.25) is 0 Å². The molecule has 0 spiro atoms. The van der Waals surface area contributed by atoms with Gasteiger partial charge in [0, 0.05) is 21.9 Å². The van der Waals surface area contributed by atoms with Crippen molar-refractivity contribution in [3.8, 4) is 11.5 Å². The van der Waals surface area contributed by atoms with Gasteiger partial charge in [-0.25, -0.2) is 4.79 Å². The molecule has 0 fully saturated rings. The summed E-state index contributed by atoms with van der Waals surface area (Å²) in [7, 11) is 0. The van der Waals surface area contributed by atoms with E-state index in [1.54, 1.807) is 0 Å². The number of aromatic hydroxyl groups is 2. The largest absolute Gasteiger partial charge is 0.507 e. The first-order chi connectivity index (χ1) is 9.09. The van der Waals surface area contributed by atoms with Crippen LogP contribution in [-0.2, 0) is 12.8 Å². The smallest absolute Gasteiger partial charge is 0.335 e. The first-order valence-electron chi connectivity index (χ1n) is 5.97. The number of hydrogen-bond acceptors (Lipinski definition) is 3. The lowest BCUT2D eigenvalue weighted by atomic mass is 9.90. The number of phenols is 2. The fraction of sp³-hybridized carbons (Fsp3) is 0.133. The van der Waals surface area contributed by atoms with Crippen molar-refractivity contribution in [1.29, 1.82) is 0 Å². The molecule has 2 aromatic carbocycles. The second-order valence-corrected chi connectivity index (χ2v) is 4.60. The van der Waals surface area contributed by atoms with Crippen LogP contribution < -0.4 is 0 Å². The van der Waals surface area contributed by atoms with Crippen LogP contribution in [0.5, 0.6) is 11.5 Å². The van der Waals surface area contributed by atoms with Gasteiger partial charge >= 0.3 is 5.97 Å². The zero-order chi connectivity index (χ0) is 13.6. The van der Waals surface area contributed by atoms with Crippen LogP contribution in [0.25, 0.3) is 10.8 Å². The maximum atomic E-state index is 11.0. The van der Waals surface area contributed by atoms with E-state index in [1.807, 2.05) is 12.2 Å². The van der Waals surface area contributed by atoms with Crippen LogP contribution in [0.3, 0.4) is 0 Å². The number of allylic oxidation sites excluding steroid dienone is 2. The molecule has 2 aromatic rings. The van der Waals surface area contributed by atoms with E-state index in [1.165, 1.54) is 18.2 Å². The Labute approximate surface area is 109 Å². The van der Waals surface area contributed by atoms with E-state index < -0.39 is 5.97 Å². The average molecular weight is 256 g/mol. The van der Waals surface area contributed by atoms with Crippen molar-refractivity contribution in [3.63, 3.8) is 0 Å². The molecule has 0 unspecified atom stereocenters. The highest BCUT2D eigenvalue weighted by atomic mass is 16.4. The molecule has 0 heterocycles. The number of carboxylic acid groups (broad SMARTS) is 1. The predicted octanol–water partition coefficient (Wildman–Crippen LogP) is 2.60. The molecule has 4 nitrogen and oxygen atoms in total. The second-order valence-electron chi connectivity index (χ2n) is 4.60. The first kappa shape index (κ1) is 11.6. The van der Waals surface area contributed by atoms with Crippen molar-refractivity contribution in [3.05, 3.63) is 47.0 Å². The van der Waals surface area contributed by atoms with Crippen LogP contribution in [0.1, 0.15) is 21.5 Å². The molecule has 1 aliphatic carbocycles. The summed E-state index contributed by atoms with van der Waals surface area (Å²) in [4.78, 5) is 11.0. The van der Waals surface area contributed by atoms with Crippen LogP contribution in [0.2, 0.25) is 0 Å². The van der Waals surface area contributed by atoms with Crippen LogP contribution >= 0.6 is 0 Å². The minimum absolute atomic E-state index is 0.0650. The highest BCUT2D eigenvalue weighted by Crippen LogP contribution is 2.41. The molecular weight excluding hydrogens is 244 g/mol. The summed E-state index contributed by atoms with van der Waals surface area (Å²) in [6.07, 6.45) is 4.99. The van der Waals surface area contributed by atoms with Gasteiger partial charge < -0.3 is 15.3 Å². The van der Waals surface area contributed by atoms with Gasteiger partial charge in [-0.3, -0.25) is 0 Å². The Hall–Kier alpha value is -2.49. The van der Waals surface area contributed by atoms with Gasteiger partial charge in [0.25, 0.3) is 0 Å². The van der Waals surface area contributed by atoms with Crippen LogP contribution in [0.15, 0.2) is 30.4 Å². The number of hydrogen-bond donors (Lipinski definition) is 3. The van der Waals surface area contributed by atoms with Gasteiger partial charge in [0.1, 0.15) is 11.5 Å². The van der Waals surface area contributed by atoms with E-state index in [0.717, 1.165) is 5.56 Å². The molecule has 0 bridgehead atoms. The Morgan fingerprint density at radius 3 is 2.11 bits per heavy atom. The maximum absolute atomic E-state index is 11.0. The summed E-state index contributed by atoms with van der Waals surface area (Å²) in [6.45, 7) is 0. The highest BCUT2D eigenvalue weighted by Gasteiger charge is 2.20. The van der Waals surface area contributed by atoms with Crippen molar-refractivity contribution in [1.82, 2.24) is 0 Å². The molecule has 3 N–H and O–H groups in total. The minimum Gasteiger partial charge on any atom is -0.507 e. The molecule has 0 radical (unpaired) electrons. The molecule has 0 amide bonds. The topological polar surface area (TPSA) is 77.8 Å². The van der Waals surface area contributed by atoms with Crippen molar-refractivity contribution >= 4 is 16.7 Å². The van der Waals surface area contributed by atoms with Gasteiger partial charge in [0.05, 0.1) is 5.56 Å². The molecule has 3 rings (SSSR count). The number of benzene rings is 2. The van der Waals surface area contributed by atoms with E-state index in [2.05, 4.69) is 0 Å². The Morgan fingerprint density at radius 2 is 1.53 bits per heavy atom. The minimum atomic E-state index is -1.06. The summed E-state index contributed by atoms with van der Waals surface area (Å²) in [5, 5.41) is 30.4. The lowest BCUT2D eigenvalue weighted by Gasteiger charge is -2.17. The molecular formula is C15H12O4. The number of phenolic OH excluding ortho intramolecular Hbond substituents is 2. The van der Waals surface area contributed by atoms with Gasteiger partial charge in [0.15, 0.2) is 0 Å². The van der Waals surface area contributed by atoms with Gasteiger partial charge in [-0.2, -0.15) is 0 Å². The van der Waals surface area contributed by atoms with Crippen LogP contribution in [0.4, 0.5) is 0 Å². The Morgan fingerprint density at radius 1 is 0.947 bits per heavy atom. The van der Waals surface area contributed by atoms with Crippen molar-refractivity contribution in [2.24, 2.45) is 0 Å². The van der Waals surface area contributed by atoms with E-state index in [9.17, 15) is 15.0 Å². The van der Waals surface area contributed by atoms with Gasteiger partial charge in [-0.05, 0) is 31.0 Å². The number of fused-ring (bicyclic) bond motifs is 2. The fourth-order valence-electron chi connectivity index (χ4n) is 2.53. The standard InChI is InChI=1S/C15H12O4/c16-13-9-3-1-2-4-10(9)14(17)12-7-8(15(18)19)5-6-11(12)13/h1-2,5-7,16-17H,3-4H2,(H,18,19). The normalized spacial score (nSPS) is 13.5. The van der Waals surface area contributed by atoms with Gasteiger partial charge in [-0.15, -0.1) is 0 Å². The SMILES string of the molecule is O=C(O)c1ccc2c(O)c3c(c(O)c2c1)CC=CC3. The number of carbonyl (C=O) groups is 1. The second kappa shape index (κ2) is 4.02. The van der Waals surface area contributed by atoms with Crippen molar-refractivity contribution in [2.45, 2.75) is 12.8 Å². The third-order valence-corrected chi connectivity index (χ3v) is 3.52. The molecule has 96 valence electrons. The Balaban J connectivity index is 2.38. The first-order valence-corrected chi connectivity index (χ1v) is 5.97. The monoisotopic (exact) mass is 256 g/mol. The molecule has 19 heavy (non-hydrogen) atoms. The van der Waals surface area contributed by atoms with Crippen molar-refractivity contribution < 1.29 is 20.1 Å². The summed E-state index contributed by atoms with van der Waals surface area (Å²) in [5.41, 5.74) is 1.49. The summed E-state index contributed by atoms with van der Waals surface area (Å²) in [5.74, 6) is -0.863. The van der Waals surface area contributed by atoms with E-state index in [-0.39, 0.29) is 17.1 Å². The lowest BCUT2D eigenvalue weighted by molar-refractivity contribution is 0.0697. The van der Waals surface area contributed by atoms with Crippen LogP contribution in [-0.4, -0.2) is 21.3 Å².